The number of anilines is 1. The fraction of sp³-hybridized carbons (Fsp3) is 0.0588. The van der Waals surface area contributed by atoms with Crippen LogP contribution in [0.4, 0.5) is 5.69 Å². The highest BCUT2D eigenvalue weighted by Crippen LogP contribution is 2.15. The third-order valence-corrected chi connectivity index (χ3v) is 3.97. The van der Waals surface area contributed by atoms with E-state index < -0.39 is 0 Å². The summed E-state index contributed by atoms with van der Waals surface area (Å²) in [6, 6.07) is 18.4. The predicted octanol–water partition coefficient (Wildman–Crippen LogP) is 2.87. The van der Waals surface area contributed by atoms with Crippen LogP contribution >= 0.6 is 11.8 Å². The van der Waals surface area contributed by atoms with Crippen molar-refractivity contribution in [2.24, 2.45) is 0 Å². The quantitative estimate of drug-likeness (QED) is 0.725. The Kier molecular flexibility index (Phi) is 4.89. The first-order chi connectivity index (χ1) is 11.7. The molecule has 0 saturated carbocycles. The molecule has 0 aliphatic rings. The second kappa shape index (κ2) is 7.44. The number of benzene rings is 2. The highest BCUT2D eigenvalue weighted by Gasteiger charge is 2.08. The maximum Gasteiger partial charge on any atom is 0.234 e. The van der Waals surface area contributed by atoms with Crippen molar-refractivity contribution in [3.05, 3.63) is 66.5 Å². The second-order valence-electron chi connectivity index (χ2n) is 4.83. The summed E-state index contributed by atoms with van der Waals surface area (Å²) in [6.45, 7) is 0. The smallest absolute Gasteiger partial charge is 0.234 e. The Morgan fingerprint density at radius 1 is 1.17 bits per heavy atom. The van der Waals surface area contributed by atoms with Crippen molar-refractivity contribution in [3.63, 3.8) is 0 Å². The molecule has 3 aromatic rings. The number of aromatic nitrogens is 3. The van der Waals surface area contributed by atoms with Crippen LogP contribution in [0.5, 0.6) is 0 Å². The Labute approximate surface area is 143 Å². The van der Waals surface area contributed by atoms with Gasteiger partial charge in [-0.2, -0.15) is 5.26 Å². The maximum absolute atomic E-state index is 12.0. The number of nitriles is 1. The van der Waals surface area contributed by atoms with Gasteiger partial charge in [0.2, 0.25) is 11.1 Å². The minimum Gasteiger partial charge on any atom is -0.325 e. The molecule has 0 spiro atoms. The van der Waals surface area contributed by atoms with Gasteiger partial charge in [-0.15, -0.1) is 5.10 Å². The van der Waals surface area contributed by atoms with Gasteiger partial charge in [-0.3, -0.25) is 4.79 Å². The number of amides is 1. The topological polar surface area (TPSA) is 83.6 Å². The average molecular weight is 335 g/mol. The van der Waals surface area contributed by atoms with Gasteiger partial charge in [0.15, 0.2) is 0 Å². The molecule has 1 aromatic heterocycles. The summed E-state index contributed by atoms with van der Waals surface area (Å²) in [5.41, 5.74) is 2.12. The molecule has 3 rings (SSSR count). The van der Waals surface area contributed by atoms with Gasteiger partial charge in [0, 0.05) is 5.69 Å². The van der Waals surface area contributed by atoms with Gasteiger partial charge < -0.3 is 5.32 Å². The van der Waals surface area contributed by atoms with Crippen LogP contribution in [0, 0.1) is 11.3 Å². The van der Waals surface area contributed by atoms with Crippen LogP contribution in [0.2, 0.25) is 0 Å². The molecule has 0 aliphatic carbocycles. The monoisotopic (exact) mass is 335 g/mol. The SMILES string of the molecule is N#Cc1ccc(NC(=O)CSc2ncn(-c3ccccc3)n2)cc1. The molecule has 0 unspecified atom stereocenters. The second-order valence-corrected chi connectivity index (χ2v) is 5.78. The van der Waals surface area contributed by atoms with Crippen molar-refractivity contribution in [3.8, 4) is 11.8 Å². The third-order valence-electron chi connectivity index (χ3n) is 3.12. The molecule has 0 atom stereocenters. The predicted molar refractivity (Wildman–Crippen MR) is 91.9 cm³/mol. The van der Waals surface area contributed by atoms with Gasteiger partial charge in [0.05, 0.1) is 23.1 Å². The molecule has 0 bridgehead atoms. The summed E-state index contributed by atoms with van der Waals surface area (Å²) in [6.07, 6.45) is 1.62. The van der Waals surface area contributed by atoms with Gasteiger partial charge >= 0.3 is 0 Å². The van der Waals surface area contributed by atoms with E-state index in [9.17, 15) is 4.79 Å². The van der Waals surface area contributed by atoms with Crippen LogP contribution in [-0.2, 0) is 4.79 Å². The van der Waals surface area contributed by atoms with Crippen molar-refractivity contribution in [2.75, 3.05) is 11.1 Å². The van der Waals surface area contributed by atoms with Crippen LogP contribution in [-0.4, -0.2) is 26.4 Å². The third kappa shape index (κ3) is 4.00. The summed E-state index contributed by atoms with van der Waals surface area (Å²) < 4.78 is 1.67. The molecule has 7 heteroatoms. The van der Waals surface area contributed by atoms with E-state index in [2.05, 4.69) is 15.4 Å². The van der Waals surface area contributed by atoms with Crippen LogP contribution in [0.3, 0.4) is 0 Å². The molecule has 2 aromatic carbocycles. The first-order valence-corrected chi connectivity index (χ1v) is 8.13. The van der Waals surface area contributed by atoms with E-state index in [-0.39, 0.29) is 11.7 Å². The van der Waals surface area contributed by atoms with E-state index >= 15 is 0 Å². The number of nitrogens with zero attached hydrogens (tertiary/aromatic N) is 4. The molecule has 24 heavy (non-hydrogen) atoms. The minimum absolute atomic E-state index is 0.152. The number of para-hydroxylation sites is 1. The summed E-state index contributed by atoms with van der Waals surface area (Å²) >= 11 is 1.26. The van der Waals surface area contributed by atoms with E-state index in [1.165, 1.54) is 11.8 Å². The Hall–Kier alpha value is -3.11. The standard InChI is InChI=1S/C17H13N5OS/c18-10-13-6-8-14(9-7-13)20-16(23)11-24-17-19-12-22(21-17)15-4-2-1-3-5-15/h1-9,12H,11H2,(H,20,23). The van der Waals surface area contributed by atoms with Gasteiger partial charge in [-0.25, -0.2) is 9.67 Å². The van der Waals surface area contributed by atoms with Crippen molar-refractivity contribution in [2.45, 2.75) is 5.16 Å². The summed E-state index contributed by atoms with van der Waals surface area (Å²) in [5.74, 6) is 0.0551. The van der Waals surface area contributed by atoms with Gasteiger partial charge in [0.25, 0.3) is 0 Å². The molecule has 0 aliphatic heterocycles. The van der Waals surface area contributed by atoms with Crippen molar-refractivity contribution >= 4 is 23.4 Å². The summed E-state index contributed by atoms with van der Waals surface area (Å²) in [7, 11) is 0. The Bertz CT molecular complexity index is 868. The van der Waals surface area contributed by atoms with Gasteiger partial charge in [-0.1, -0.05) is 30.0 Å². The summed E-state index contributed by atoms with van der Waals surface area (Å²) in [4.78, 5) is 16.2. The van der Waals surface area contributed by atoms with Crippen molar-refractivity contribution < 1.29 is 4.79 Å². The lowest BCUT2D eigenvalue weighted by Crippen LogP contribution is -2.14. The van der Waals surface area contributed by atoms with Crippen LogP contribution in [0.15, 0.2) is 66.1 Å². The number of carbonyl (C=O) groups excluding carboxylic acids is 1. The van der Waals surface area contributed by atoms with Crippen LogP contribution < -0.4 is 5.32 Å². The van der Waals surface area contributed by atoms with E-state index in [1.807, 2.05) is 36.4 Å². The normalized spacial score (nSPS) is 10.1. The summed E-state index contributed by atoms with van der Waals surface area (Å²) in [5, 5.41) is 16.4. The number of thioether (sulfide) groups is 1. The van der Waals surface area contributed by atoms with Crippen molar-refractivity contribution in [1.82, 2.24) is 14.8 Å². The van der Waals surface area contributed by atoms with E-state index in [1.54, 1.807) is 35.3 Å². The van der Waals surface area contributed by atoms with Gasteiger partial charge in [-0.05, 0) is 36.4 Å². The fourth-order valence-corrected chi connectivity index (χ4v) is 2.57. The molecular formula is C17H13N5OS. The number of hydrogen-bond donors (Lipinski definition) is 1. The largest absolute Gasteiger partial charge is 0.325 e. The number of hydrogen-bond acceptors (Lipinski definition) is 5. The van der Waals surface area contributed by atoms with Crippen LogP contribution in [0.1, 0.15) is 5.56 Å². The van der Waals surface area contributed by atoms with Gasteiger partial charge in [0.1, 0.15) is 6.33 Å². The lowest BCUT2D eigenvalue weighted by Gasteiger charge is -2.03. The fourth-order valence-electron chi connectivity index (χ4n) is 1.97. The average Bonchev–Trinajstić information content (AvgIpc) is 3.10. The number of nitrogens with one attached hydrogen (secondary N) is 1. The van der Waals surface area contributed by atoms with E-state index in [0.717, 1.165) is 5.69 Å². The Morgan fingerprint density at radius 3 is 2.62 bits per heavy atom. The van der Waals surface area contributed by atoms with E-state index in [0.29, 0.717) is 16.4 Å². The number of rotatable bonds is 5. The minimum atomic E-state index is -0.152. The van der Waals surface area contributed by atoms with Crippen LogP contribution in [0.25, 0.3) is 5.69 Å². The zero-order valence-electron chi connectivity index (χ0n) is 12.6. The molecule has 0 fully saturated rings. The molecular weight excluding hydrogens is 322 g/mol. The lowest BCUT2D eigenvalue weighted by molar-refractivity contribution is -0.113. The number of carbonyl (C=O) groups is 1. The Balaban J connectivity index is 1.55. The Morgan fingerprint density at radius 2 is 1.92 bits per heavy atom. The first kappa shape index (κ1) is 15.8. The zero-order chi connectivity index (χ0) is 16.8. The first-order valence-electron chi connectivity index (χ1n) is 7.14. The molecule has 1 heterocycles. The molecule has 1 N–H and O–H groups in total. The zero-order valence-corrected chi connectivity index (χ0v) is 13.4. The van der Waals surface area contributed by atoms with E-state index in [4.69, 9.17) is 5.26 Å². The molecule has 1 amide bonds. The molecule has 118 valence electrons. The molecule has 6 nitrogen and oxygen atoms in total. The highest BCUT2D eigenvalue weighted by molar-refractivity contribution is 7.99. The maximum atomic E-state index is 12.0. The lowest BCUT2D eigenvalue weighted by atomic mass is 10.2. The molecule has 0 saturated heterocycles. The highest BCUT2D eigenvalue weighted by atomic mass is 32.2. The molecule has 0 radical (unpaired) electrons. The van der Waals surface area contributed by atoms with Crippen molar-refractivity contribution in [1.29, 1.82) is 5.26 Å².